The molecule has 1 fully saturated rings. The van der Waals surface area contributed by atoms with Gasteiger partial charge in [0.15, 0.2) is 11.5 Å². The molecule has 33 heavy (non-hydrogen) atoms. The van der Waals surface area contributed by atoms with Crippen LogP contribution < -0.4 is 9.47 Å². The van der Waals surface area contributed by atoms with Crippen LogP contribution in [0.4, 0.5) is 4.39 Å². The van der Waals surface area contributed by atoms with Gasteiger partial charge in [0, 0.05) is 5.56 Å². The molecule has 0 radical (unpaired) electrons. The van der Waals surface area contributed by atoms with Crippen LogP contribution in [0.25, 0.3) is 6.08 Å². The molecule has 1 saturated heterocycles. The van der Waals surface area contributed by atoms with Gasteiger partial charge in [-0.1, -0.05) is 78.1 Å². The number of amides is 1. The summed E-state index contributed by atoms with van der Waals surface area (Å²) in [5, 5.41) is 0. The fourth-order valence-corrected chi connectivity index (χ4v) is 4.58. The van der Waals surface area contributed by atoms with Gasteiger partial charge >= 0.3 is 0 Å². The van der Waals surface area contributed by atoms with Gasteiger partial charge in [-0.3, -0.25) is 9.69 Å². The first-order chi connectivity index (χ1) is 15.9. The average molecular weight is 480 g/mol. The largest absolute Gasteiger partial charge is 0.493 e. The molecule has 0 unspecified atom stereocenters. The lowest BCUT2D eigenvalue weighted by molar-refractivity contribution is -0.122. The van der Waals surface area contributed by atoms with Crippen molar-refractivity contribution in [3.05, 3.63) is 99.7 Å². The van der Waals surface area contributed by atoms with E-state index in [1.165, 1.54) is 30.5 Å². The molecular weight excluding hydrogens is 457 g/mol. The van der Waals surface area contributed by atoms with Crippen molar-refractivity contribution >= 4 is 40.3 Å². The SMILES string of the molecule is COc1cc(/C=C2\SC(=S)N(Cc3ccc(C)cc3)C2=O)ccc1OCc1ccccc1F. The number of hydrogen-bond donors (Lipinski definition) is 0. The van der Waals surface area contributed by atoms with Crippen molar-refractivity contribution in [1.82, 2.24) is 4.90 Å². The molecule has 0 aliphatic carbocycles. The molecule has 1 amide bonds. The summed E-state index contributed by atoms with van der Waals surface area (Å²) < 4.78 is 25.6. The van der Waals surface area contributed by atoms with E-state index >= 15 is 0 Å². The zero-order chi connectivity index (χ0) is 23.4. The first kappa shape index (κ1) is 23.0. The third-order valence-corrected chi connectivity index (χ3v) is 6.54. The van der Waals surface area contributed by atoms with E-state index in [0.29, 0.717) is 32.8 Å². The monoisotopic (exact) mass is 479 g/mol. The maximum atomic E-state index is 13.9. The minimum Gasteiger partial charge on any atom is -0.493 e. The van der Waals surface area contributed by atoms with Crippen molar-refractivity contribution in [1.29, 1.82) is 0 Å². The summed E-state index contributed by atoms with van der Waals surface area (Å²) in [6.45, 7) is 2.55. The number of benzene rings is 3. The van der Waals surface area contributed by atoms with Gasteiger partial charge in [-0.15, -0.1) is 0 Å². The van der Waals surface area contributed by atoms with Crippen molar-refractivity contribution in [2.45, 2.75) is 20.1 Å². The first-order valence-electron chi connectivity index (χ1n) is 10.3. The second kappa shape index (κ2) is 10.2. The van der Waals surface area contributed by atoms with E-state index in [1.54, 1.807) is 41.3 Å². The number of carbonyl (C=O) groups excluding carboxylic acids is 1. The van der Waals surface area contributed by atoms with Crippen molar-refractivity contribution in [2.24, 2.45) is 0 Å². The Morgan fingerprint density at radius 1 is 1.06 bits per heavy atom. The van der Waals surface area contributed by atoms with Crippen molar-refractivity contribution in [2.75, 3.05) is 7.11 Å². The molecule has 0 aromatic heterocycles. The van der Waals surface area contributed by atoms with Crippen LogP contribution in [-0.4, -0.2) is 22.2 Å². The standard InChI is InChI=1S/C26H22FNO3S2/c1-17-7-9-18(10-8-17)15-28-25(29)24(33-26(28)32)14-19-11-12-22(23(13-19)30-2)31-16-20-5-3-4-6-21(20)27/h3-14H,15-16H2,1-2H3/b24-14-. The zero-order valence-electron chi connectivity index (χ0n) is 18.2. The van der Waals surface area contributed by atoms with E-state index in [-0.39, 0.29) is 18.3 Å². The lowest BCUT2D eigenvalue weighted by Gasteiger charge is -2.14. The molecular formula is C26H22FNO3S2. The molecule has 0 bridgehead atoms. The number of thiocarbonyl (C=S) groups is 1. The molecule has 3 aromatic rings. The normalized spacial score (nSPS) is 14.8. The van der Waals surface area contributed by atoms with Gasteiger partial charge in [-0.2, -0.15) is 0 Å². The lowest BCUT2D eigenvalue weighted by atomic mass is 10.1. The summed E-state index contributed by atoms with van der Waals surface area (Å²) in [4.78, 5) is 15.1. The van der Waals surface area contributed by atoms with Crippen molar-refractivity contribution in [3.63, 3.8) is 0 Å². The average Bonchev–Trinajstić information content (AvgIpc) is 3.07. The molecule has 168 valence electrons. The summed E-state index contributed by atoms with van der Waals surface area (Å²) in [7, 11) is 1.54. The number of rotatable bonds is 7. The van der Waals surface area contributed by atoms with E-state index in [1.807, 2.05) is 37.3 Å². The maximum Gasteiger partial charge on any atom is 0.266 e. The van der Waals surface area contributed by atoms with E-state index < -0.39 is 0 Å². The maximum absolute atomic E-state index is 13.9. The number of nitrogens with zero attached hydrogens (tertiary/aromatic N) is 1. The van der Waals surface area contributed by atoms with Crippen molar-refractivity contribution in [3.8, 4) is 11.5 Å². The summed E-state index contributed by atoms with van der Waals surface area (Å²) in [6, 6.07) is 19.9. The molecule has 4 nitrogen and oxygen atoms in total. The minimum atomic E-state index is -0.319. The molecule has 7 heteroatoms. The molecule has 4 rings (SSSR count). The van der Waals surface area contributed by atoms with Crippen LogP contribution in [0, 0.1) is 12.7 Å². The third kappa shape index (κ3) is 5.43. The van der Waals surface area contributed by atoms with Gasteiger partial charge in [-0.05, 0) is 42.3 Å². The number of methoxy groups -OCH3 is 1. The second-order valence-electron chi connectivity index (χ2n) is 7.54. The van der Waals surface area contributed by atoms with Gasteiger partial charge in [-0.25, -0.2) is 4.39 Å². The zero-order valence-corrected chi connectivity index (χ0v) is 19.8. The predicted molar refractivity (Wildman–Crippen MR) is 134 cm³/mol. The number of aryl methyl sites for hydroxylation is 1. The second-order valence-corrected chi connectivity index (χ2v) is 9.22. The smallest absolute Gasteiger partial charge is 0.266 e. The first-order valence-corrected chi connectivity index (χ1v) is 11.5. The Kier molecular flexibility index (Phi) is 7.11. The van der Waals surface area contributed by atoms with Gasteiger partial charge in [0.25, 0.3) is 5.91 Å². The molecule has 0 N–H and O–H groups in total. The summed E-state index contributed by atoms with van der Waals surface area (Å²) in [5.41, 5.74) is 3.43. The fourth-order valence-electron chi connectivity index (χ4n) is 3.33. The molecule has 1 aliphatic rings. The number of hydrogen-bond acceptors (Lipinski definition) is 5. The Labute approximate surface area is 202 Å². The molecule has 0 saturated carbocycles. The van der Waals surface area contributed by atoms with Crippen LogP contribution >= 0.6 is 24.0 Å². The fraction of sp³-hybridized carbons (Fsp3) is 0.154. The topological polar surface area (TPSA) is 38.8 Å². The number of ether oxygens (including phenoxy) is 2. The van der Waals surface area contributed by atoms with Gasteiger partial charge in [0.05, 0.1) is 18.6 Å². The third-order valence-electron chi connectivity index (χ3n) is 5.16. The van der Waals surface area contributed by atoms with Gasteiger partial charge in [0.1, 0.15) is 16.7 Å². The lowest BCUT2D eigenvalue weighted by Crippen LogP contribution is -2.27. The minimum absolute atomic E-state index is 0.0834. The van der Waals surface area contributed by atoms with Crippen LogP contribution in [0.5, 0.6) is 11.5 Å². The number of thioether (sulfide) groups is 1. The van der Waals surface area contributed by atoms with Gasteiger partial charge < -0.3 is 9.47 Å². The summed E-state index contributed by atoms with van der Waals surface area (Å²) in [5.74, 6) is 0.546. The van der Waals surface area contributed by atoms with Crippen LogP contribution in [-0.2, 0) is 17.9 Å². The molecule has 3 aromatic carbocycles. The van der Waals surface area contributed by atoms with E-state index in [2.05, 4.69) is 0 Å². The Morgan fingerprint density at radius 2 is 1.82 bits per heavy atom. The Morgan fingerprint density at radius 3 is 2.55 bits per heavy atom. The Hall–Kier alpha value is -3.16. The van der Waals surface area contributed by atoms with Crippen LogP contribution in [0.15, 0.2) is 71.6 Å². The summed E-state index contributed by atoms with van der Waals surface area (Å²) in [6.07, 6.45) is 1.79. The Bertz CT molecular complexity index is 1220. The number of carbonyl (C=O) groups is 1. The quantitative estimate of drug-likeness (QED) is 0.301. The highest BCUT2D eigenvalue weighted by molar-refractivity contribution is 8.26. The highest BCUT2D eigenvalue weighted by Gasteiger charge is 2.32. The van der Waals surface area contributed by atoms with Crippen LogP contribution in [0.2, 0.25) is 0 Å². The molecule has 0 spiro atoms. The van der Waals surface area contributed by atoms with Crippen LogP contribution in [0.1, 0.15) is 22.3 Å². The molecule has 1 aliphatic heterocycles. The molecule has 1 heterocycles. The highest BCUT2D eigenvalue weighted by atomic mass is 32.2. The van der Waals surface area contributed by atoms with Crippen molar-refractivity contribution < 1.29 is 18.7 Å². The summed E-state index contributed by atoms with van der Waals surface area (Å²) >= 11 is 6.73. The van der Waals surface area contributed by atoms with E-state index in [4.69, 9.17) is 21.7 Å². The van der Waals surface area contributed by atoms with Crippen LogP contribution in [0.3, 0.4) is 0 Å². The van der Waals surface area contributed by atoms with E-state index in [9.17, 15) is 9.18 Å². The van der Waals surface area contributed by atoms with Gasteiger partial charge in [0.2, 0.25) is 0 Å². The Balaban J connectivity index is 1.49. The van der Waals surface area contributed by atoms with E-state index in [0.717, 1.165) is 11.1 Å². The molecule has 0 atom stereocenters. The highest BCUT2D eigenvalue weighted by Crippen LogP contribution is 2.35. The number of halogens is 1. The predicted octanol–water partition coefficient (Wildman–Crippen LogP) is 6.12.